The molecule has 0 aromatic rings. The van der Waals surface area contributed by atoms with Crippen LogP contribution in [0.4, 0.5) is 0 Å². The zero-order chi connectivity index (χ0) is 11.3. The first-order valence-electron chi connectivity index (χ1n) is 5.90. The third kappa shape index (κ3) is 4.45. The fraction of sp³-hybridized carbons (Fsp3) is 0.833. The molecule has 0 heterocycles. The number of carbonyl (C=O) groups excluding carboxylic acids is 2. The van der Waals surface area contributed by atoms with Gasteiger partial charge in [0.25, 0.3) is 0 Å². The lowest BCUT2D eigenvalue weighted by Crippen LogP contribution is -2.38. The highest BCUT2D eigenvalue weighted by atomic mass is 16.2. The van der Waals surface area contributed by atoms with Gasteiger partial charge in [-0.1, -0.05) is 13.3 Å². The third-order valence-electron chi connectivity index (χ3n) is 3.20. The van der Waals surface area contributed by atoms with E-state index in [2.05, 4.69) is 12.2 Å². The van der Waals surface area contributed by atoms with E-state index in [4.69, 9.17) is 0 Å². The molecule has 1 fully saturated rings. The van der Waals surface area contributed by atoms with E-state index in [0.717, 1.165) is 18.8 Å². The van der Waals surface area contributed by atoms with Gasteiger partial charge in [0.1, 0.15) is 5.78 Å². The van der Waals surface area contributed by atoms with Crippen molar-refractivity contribution < 1.29 is 9.59 Å². The van der Waals surface area contributed by atoms with Crippen LogP contribution in [0.3, 0.4) is 0 Å². The van der Waals surface area contributed by atoms with Crippen LogP contribution in [0.1, 0.15) is 52.4 Å². The molecule has 1 amide bonds. The molecule has 1 N–H and O–H groups in total. The highest BCUT2D eigenvalue weighted by Gasteiger charge is 2.21. The number of amides is 1. The summed E-state index contributed by atoms with van der Waals surface area (Å²) in [5, 5.41) is 2.94. The lowest BCUT2D eigenvalue weighted by molar-refractivity contribution is -0.127. The van der Waals surface area contributed by atoms with Gasteiger partial charge in [-0.15, -0.1) is 0 Å². The Labute approximate surface area is 91.6 Å². The molecule has 0 aromatic carbocycles. The largest absolute Gasteiger partial charge is 0.353 e. The van der Waals surface area contributed by atoms with Gasteiger partial charge >= 0.3 is 0 Å². The maximum atomic E-state index is 11.3. The normalized spacial score (nSPS) is 26.0. The zero-order valence-electron chi connectivity index (χ0n) is 9.71. The second-order valence-corrected chi connectivity index (χ2v) is 4.57. The molecule has 0 radical (unpaired) electrons. The van der Waals surface area contributed by atoms with Crippen molar-refractivity contribution in [1.29, 1.82) is 0 Å². The number of hydrogen-bond donors (Lipinski definition) is 1. The van der Waals surface area contributed by atoms with Gasteiger partial charge in [0.05, 0.1) is 6.42 Å². The van der Waals surface area contributed by atoms with Gasteiger partial charge in [0.15, 0.2) is 0 Å². The molecule has 15 heavy (non-hydrogen) atoms. The van der Waals surface area contributed by atoms with Crippen molar-refractivity contribution in [1.82, 2.24) is 5.32 Å². The van der Waals surface area contributed by atoms with Crippen LogP contribution in [-0.4, -0.2) is 17.7 Å². The maximum Gasteiger partial charge on any atom is 0.227 e. The lowest BCUT2D eigenvalue weighted by atomic mass is 9.84. The summed E-state index contributed by atoms with van der Waals surface area (Å²) in [4.78, 5) is 22.1. The predicted molar refractivity (Wildman–Crippen MR) is 59.5 cm³/mol. The van der Waals surface area contributed by atoms with Crippen LogP contribution in [-0.2, 0) is 9.59 Å². The summed E-state index contributed by atoms with van der Waals surface area (Å²) < 4.78 is 0. The molecule has 1 aliphatic carbocycles. The third-order valence-corrected chi connectivity index (χ3v) is 3.20. The van der Waals surface area contributed by atoms with Gasteiger partial charge in [0.2, 0.25) is 5.91 Å². The molecule has 0 aromatic heterocycles. The van der Waals surface area contributed by atoms with E-state index in [0.29, 0.717) is 6.04 Å². The number of rotatable bonds is 4. The zero-order valence-corrected chi connectivity index (χ0v) is 9.71. The topological polar surface area (TPSA) is 46.2 Å². The molecule has 0 bridgehead atoms. The van der Waals surface area contributed by atoms with Crippen molar-refractivity contribution in [2.45, 2.75) is 58.4 Å². The molecule has 3 heteroatoms. The van der Waals surface area contributed by atoms with E-state index in [1.807, 2.05) is 0 Å². The van der Waals surface area contributed by atoms with E-state index in [1.165, 1.54) is 26.2 Å². The van der Waals surface area contributed by atoms with E-state index in [-0.39, 0.29) is 18.1 Å². The number of nitrogens with one attached hydrogen (secondary N) is 1. The smallest absolute Gasteiger partial charge is 0.227 e. The van der Waals surface area contributed by atoms with Gasteiger partial charge in [-0.3, -0.25) is 9.59 Å². The van der Waals surface area contributed by atoms with E-state index >= 15 is 0 Å². The quantitative estimate of drug-likeness (QED) is 0.723. The summed E-state index contributed by atoms with van der Waals surface area (Å²) in [5.41, 5.74) is 0. The molecule has 1 saturated carbocycles. The van der Waals surface area contributed by atoms with Crippen LogP contribution >= 0.6 is 0 Å². The van der Waals surface area contributed by atoms with Gasteiger partial charge in [-0.2, -0.15) is 0 Å². The first-order chi connectivity index (χ1) is 7.11. The Morgan fingerprint density at radius 2 is 1.80 bits per heavy atom. The van der Waals surface area contributed by atoms with E-state index in [1.54, 1.807) is 0 Å². The molecular formula is C12H21NO2. The van der Waals surface area contributed by atoms with E-state index in [9.17, 15) is 9.59 Å². The predicted octanol–water partition coefficient (Wildman–Crippen LogP) is 2.05. The number of ketones is 1. The summed E-state index contributed by atoms with van der Waals surface area (Å²) in [7, 11) is 0. The summed E-state index contributed by atoms with van der Waals surface area (Å²) in [6.45, 7) is 3.67. The molecule has 0 spiro atoms. The van der Waals surface area contributed by atoms with Crippen molar-refractivity contribution in [3.63, 3.8) is 0 Å². The molecule has 1 rings (SSSR count). The Morgan fingerprint density at radius 3 is 2.27 bits per heavy atom. The summed E-state index contributed by atoms with van der Waals surface area (Å²) >= 11 is 0. The Bertz CT molecular complexity index is 230. The Balaban J connectivity index is 2.23. The summed E-state index contributed by atoms with van der Waals surface area (Å²) in [6.07, 6.45) is 5.84. The Hall–Kier alpha value is -0.860. The summed E-state index contributed by atoms with van der Waals surface area (Å²) in [5.74, 6) is 0.670. The van der Waals surface area contributed by atoms with Gasteiger partial charge in [-0.25, -0.2) is 0 Å². The van der Waals surface area contributed by atoms with E-state index < -0.39 is 0 Å². The van der Waals surface area contributed by atoms with Crippen LogP contribution in [0.5, 0.6) is 0 Å². The van der Waals surface area contributed by atoms with Gasteiger partial charge in [-0.05, 0) is 38.5 Å². The minimum absolute atomic E-state index is 0.0354. The average Bonchev–Trinajstić information content (AvgIpc) is 2.17. The van der Waals surface area contributed by atoms with Crippen molar-refractivity contribution >= 4 is 11.7 Å². The number of hydrogen-bond acceptors (Lipinski definition) is 2. The second kappa shape index (κ2) is 5.89. The molecule has 0 aliphatic heterocycles. The summed E-state index contributed by atoms with van der Waals surface area (Å²) in [6, 6.07) is 0.305. The molecule has 0 atom stereocenters. The fourth-order valence-corrected chi connectivity index (χ4v) is 2.22. The van der Waals surface area contributed by atoms with Crippen molar-refractivity contribution in [3.8, 4) is 0 Å². The first-order valence-corrected chi connectivity index (χ1v) is 5.90. The van der Waals surface area contributed by atoms with Crippen LogP contribution in [0, 0.1) is 5.92 Å². The first kappa shape index (κ1) is 12.2. The molecule has 0 unspecified atom stereocenters. The Kier molecular flexibility index (Phi) is 4.79. The highest BCUT2D eigenvalue weighted by molar-refractivity contribution is 5.96. The fourth-order valence-electron chi connectivity index (χ4n) is 2.22. The van der Waals surface area contributed by atoms with Gasteiger partial charge in [0, 0.05) is 6.04 Å². The lowest BCUT2D eigenvalue weighted by Gasteiger charge is -2.28. The van der Waals surface area contributed by atoms with Crippen LogP contribution in [0.2, 0.25) is 0 Å². The van der Waals surface area contributed by atoms with Crippen molar-refractivity contribution in [2.75, 3.05) is 0 Å². The standard InChI is InChI=1S/C12H21NO2/c1-3-10-4-6-11(7-5-10)13-12(15)8-9(2)14/h10-11H,3-8H2,1-2H3,(H,13,15). The second-order valence-electron chi connectivity index (χ2n) is 4.57. The Morgan fingerprint density at radius 1 is 1.20 bits per heavy atom. The molecular weight excluding hydrogens is 190 g/mol. The average molecular weight is 211 g/mol. The molecule has 86 valence electrons. The molecule has 3 nitrogen and oxygen atoms in total. The highest BCUT2D eigenvalue weighted by Crippen LogP contribution is 2.26. The number of carbonyl (C=O) groups is 2. The van der Waals surface area contributed by atoms with Crippen LogP contribution in [0.25, 0.3) is 0 Å². The van der Waals surface area contributed by atoms with Crippen LogP contribution < -0.4 is 5.32 Å². The SMILES string of the molecule is CCC1CCC(NC(=O)CC(C)=O)CC1. The van der Waals surface area contributed by atoms with Crippen molar-refractivity contribution in [3.05, 3.63) is 0 Å². The monoisotopic (exact) mass is 211 g/mol. The minimum Gasteiger partial charge on any atom is -0.353 e. The minimum atomic E-state index is -0.109. The number of Topliss-reactive ketones (excluding diaryl/α,β-unsaturated/α-hetero) is 1. The van der Waals surface area contributed by atoms with Gasteiger partial charge < -0.3 is 5.32 Å². The van der Waals surface area contributed by atoms with Crippen molar-refractivity contribution in [2.24, 2.45) is 5.92 Å². The maximum absolute atomic E-state index is 11.3. The van der Waals surface area contributed by atoms with Crippen LogP contribution in [0.15, 0.2) is 0 Å². The molecule has 0 saturated heterocycles. The molecule has 1 aliphatic rings.